The van der Waals surface area contributed by atoms with Gasteiger partial charge < -0.3 is 10.2 Å². The van der Waals surface area contributed by atoms with Crippen LogP contribution < -0.4 is 5.32 Å². The number of fused-ring (bicyclic) bond motifs is 1. The van der Waals surface area contributed by atoms with E-state index in [2.05, 4.69) is 22.3 Å². The van der Waals surface area contributed by atoms with Crippen LogP contribution in [-0.2, 0) is 4.79 Å². The first-order valence-corrected chi connectivity index (χ1v) is 11.1. The number of thiophene rings is 1. The Morgan fingerprint density at radius 1 is 1.25 bits per heavy atom. The molecule has 28 heavy (non-hydrogen) atoms. The van der Waals surface area contributed by atoms with Crippen molar-refractivity contribution in [1.82, 2.24) is 15.1 Å². The normalized spacial score (nSPS) is 17.4. The molecular weight excluding hydrogens is 370 g/mol. The lowest BCUT2D eigenvalue weighted by Gasteiger charge is -2.23. The predicted molar refractivity (Wildman–Crippen MR) is 116 cm³/mol. The molecule has 2 aromatic rings. The van der Waals surface area contributed by atoms with Crippen LogP contribution in [0, 0.1) is 0 Å². The Bertz CT molecular complexity index is 841. The van der Waals surface area contributed by atoms with Crippen LogP contribution >= 0.6 is 11.3 Å². The minimum absolute atomic E-state index is 0.0175. The van der Waals surface area contributed by atoms with Crippen molar-refractivity contribution in [2.24, 2.45) is 0 Å². The topological polar surface area (TPSA) is 52.7 Å². The third-order valence-electron chi connectivity index (χ3n) is 5.42. The Morgan fingerprint density at radius 2 is 1.96 bits per heavy atom. The summed E-state index contributed by atoms with van der Waals surface area (Å²) in [7, 11) is 0. The molecule has 0 saturated carbocycles. The Balaban J connectivity index is 1.83. The highest BCUT2D eigenvalue weighted by atomic mass is 32.1. The fraction of sp³-hybridized carbons (Fsp3) is 0.545. The molecular formula is C22H31N3O2S. The third-order valence-corrected chi connectivity index (χ3v) is 6.60. The average Bonchev–Trinajstić information content (AvgIpc) is 3.26. The second-order valence-electron chi connectivity index (χ2n) is 7.76. The summed E-state index contributed by atoms with van der Waals surface area (Å²) in [5.74, 6) is 0.496. The number of nitrogens with zero attached hydrogens (tertiary/aromatic N) is 2. The largest absolute Gasteiger partial charge is 0.349 e. The molecule has 1 fully saturated rings. The number of carbonyl (C=O) groups excluding carboxylic acids is 2. The zero-order valence-corrected chi connectivity index (χ0v) is 18.1. The molecule has 3 rings (SSSR count). The van der Waals surface area contributed by atoms with Crippen LogP contribution in [0.5, 0.6) is 0 Å². The van der Waals surface area contributed by atoms with E-state index in [-0.39, 0.29) is 23.8 Å². The van der Waals surface area contributed by atoms with E-state index < -0.39 is 0 Å². The van der Waals surface area contributed by atoms with Gasteiger partial charge in [0.05, 0.1) is 11.4 Å². The number of likely N-dealkylation sites (tertiary alicyclic amines) is 1. The molecule has 0 radical (unpaired) electrons. The van der Waals surface area contributed by atoms with Gasteiger partial charge in [0.15, 0.2) is 0 Å². The minimum Gasteiger partial charge on any atom is -0.349 e. The Kier molecular flexibility index (Phi) is 6.73. The molecule has 1 saturated heterocycles. The van der Waals surface area contributed by atoms with Crippen LogP contribution in [0.25, 0.3) is 10.1 Å². The van der Waals surface area contributed by atoms with Gasteiger partial charge in [-0.15, -0.1) is 11.3 Å². The number of likely N-dealkylation sites (N-methyl/N-ethyl adjacent to an activating group) is 1. The standard InChI is InChI=1S/C22H31N3O2S/c1-5-25(6-2)19(26)14-24-12-11-16(13-24)20-17-9-7-8-10-18(17)28-21(20)22(27)23-15(3)4/h7-10,15-16H,5-6,11-14H2,1-4H3,(H,23,27)/t16-/m0/s1. The molecule has 0 bridgehead atoms. The number of hydrogen-bond acceptors (Lipinski definition) is 4. The number of benzene rings is 1. The van der Waals surface area contributed by atoms with Crippen molar-refractivity contribution >= 4 is 33.2 Å². The van der Waals surface area contributed by atoms with E-state index in [1.165, 1.54) is 5.39 Å². The summed E-state index contributed by atoms with van der Waals surface area (Å²) in [4.78, 5) is 30.3. The van der Waals surface area contributed by atoms with Crippen LogP contribution in [0.15, 0.2) is 24.3 Å². The van der Waals surface area contributed by atoms with Crippen LogP contribution in [0.1, 0.15) is 55.3 Å². The monoisotopic (exact) mass is 401 g/mol. The lowest BCUT2D eigenvalue weighted by molar-refractivity contribution is -0.131. The van der Waals surface area contributed by atoms with Crippen LogP contribution in [0.2, 0.25) is 0 Å². The highest BCUT2D eigenvalue weighted by Gasteiger charge is 2.31. The first-order chi connectivity index (χ1) is 13.4. The zero-order chi connectivity index (χ0) is 20.3. The van der Waals surface area contributed by atoms with E-state index in [1.54, 1.807) is 11.3 Å². The zero-order valence-electron chi connectivity index (χ0n) is 17.3. The van der Waals surface area contributed by atoms with Gasteiger partial charge >= 0.3 is 0 Å². The fourth-order valence-corrected chi connectivity index (χ4v) is 5.24. The first-order valence-electron chi connectivity index (χ1n) is 10.3. The second kappa shape index (κ2) is 9.05. The van der Waals surface area contributed by atoms with Gasteiger partial charge in [-0.05, 0) is 57.7 Å². The molecule has 0 unspecified atom stereocenters. The van der Waals surface area contributed by atoms with E-state index >= 15 is 0 Å². The molecule has 1 aliphatic rings. The Labute approximate surface area is 171 Å². The molecule has 1 aromatic heterocycles. The van der Waals surface area contributed by atoms with Gasteiger partial charge in [0, 0.05) is 36.3 Å². The van der Waals surface area contributed by atoms with Gasteiger partial charge in [0.1, 0.15) is 0 Å². The maximum atomic E-state index is 12.9. The highest BCUT2D eigenvalue weighted by molar-refractivity contribution is 7.21. The number of rotatable bonds is 7. The molecule has 2 heterocycles. The quantitative estimate of drug-likeness (QED) is 0.770. The summed E-state index contributed by atoms with van der Waals surface area (Å²) < 4.78 is 1.16. The van der Waals surface area contributed by atoms with Crippen molar-refractivity contribution in [2.45, 2.75) is 46.1 Å². The first kappa shape index (κ1) is 20.8. The summed E-state index contributed by atoms with van der Waals surface area (Å²) in [6.07, 6.45) is 0.980. The number of hydrogen-bond donors (Lipinski definition) is 1. The SMILES string of the molecule is CCN(CC)C(=O)CN1CC[C@H](c2c(C(=O)NC(C)C)sc3ccccc23)C1. The van der Waals surface area contributed by atoms with Gasteiger partial charge in [-0.2, -0.15) is 0 Å². The summed E-state index contributed by atoms with van der Waals surface area (Å²) in [6.45, 7) is 11.7. The van der Waals surface area contributed by atoms with Crippen LogP contribution in [-0.4, -0.2) is 60.4 Å². The third kappa shape index (κ3) is 4.39. The van der Waals surface area contributed by atoms with E-state index in [0.29, 0.717) is 6.54 Å². The molecule has 6 heteroatoms. The smallest absolute Gasteiger partial charge is 0.261 e. The van der Waals surface area contributed by atoms with E-state index in [9.17, 15) is 9.59 Å². The van der Waals surface area contributed by atoms with Gasteiger partial charge in [-0.1, -0.05) is 18.2 Å². The van der Waals surface area contributed by atoms with Gasteiger partial charge in [0.2, 0.25) is 5.91 Å². The van der Waals surface area contributed by atoms with Crippen molar-refractivity contribution in [3.05, 3.63) is 34.7 Å². The molecule has 152 valence electrons. The summed E-state index contributed by atoms with van der Waals surface area (Å²) in [5, 5.41) is 4.24. The van der Waals surface area contributed by atoms with Crippen molar-refractivity contribution in [3.63, 3.8) is 0 Å². The number of carbonyl (C=O) groups is 2. The summed E-state index contributed by atoms with van der Waals surface area (Å²) >= 11 is 1.58. The lowest BCUT2D eigenvalue weighted by Crippen LogP contribution is -2.39. The highest BCUT2D eigenvalue weighted by Crippen LogP contribution is 2.40. The second-order valence-corrected chi connectivity index (χ2v) is 8.81. The van der Waals surface area contributed by atoms with Gasteiger partial charge in [-0.25, -0.2) is 0 Å². The van der Waals surface area contributed by atoms with Crippen molar-refractivity contribution < 1.29 is 9.59 Å². The van der Waals surface area contributed by atoms with E-state index in [0.717, 1.165) is 47.7 Å². The number of nitrogens with one attached hydrogen (secondary N) is 1. The maximum Gasteiger partial charge on any atom is 0.261 e. The maximum absolute atomic E-state index is 12.9. The van der Waals surface area contributed by atoms with Gasteiger partial charge in [-0.3, -0.25) is 14.5 Å². The van der Waals surface area contributed by atoms with Crippen LogP contribution in [0.3, 0.4) is 0 Å². The summed E-state index contributed by atoms with van der Waals surface area (Å²) in [5.41, 5.74) is 1.16. The minimum atomic E-state index is 0.0175. The molecule has 1 atom stereocenters. The van der Waals surface area contributed by atoms with E-state index in [1.807, 2.05) is 44.7 Å². The molecule has 1 aliphatic heterocycles. The Hall–Kier alpha value is -1.92. The molecule has 5 nitrogen and oxygen atoms in total. The van der Waals surface area contributed by atoms with Crippen molar-refractivity contribution in [3.8, 4) is 0 Å². The molecule has 1 aromatic carbocycles. The fourth-order valence-electron chi connectivity index (χ4n) is 4.05. The summed E-state index contributed by atoms with van der Waals surface area (Å²) in [6, 6.07) is 8.39. The Morgan fingerprint density at radius 3 is 2.64 bits per heavy atom. The van der Waals surface area contributed by atoms with Crippen molar-refractivity contribution in [2.75, 3.05) is 32.7 Å². The molecule has 0 aliphatic carbocycles. The van der Waals surface area contributed by atoms with E-state index in [4.69, 9.17) is 0 Å². The molecule has 2 amide bonds. The average molecular weight is 402 g/mol. The number of amides is 2. The molecule has 0 spiro atoms. The van der Waals surface area contributed by atoms with Gasteiger partial charge in [0.25, 0.3) is 5.91 Å². The lowest BCUT2D eigenvalue weighted by atomic mass is 9.95. The van der Waals surface area contributed by atoms with Crippen molar-refractivity contribution in [1.29, 1.82) is 0 Å². The molecule has 1 N–H and O–H groups in total. The predicted octanol–water partition coefficient (Wildman–Crippen LogP) is 3.70. The van der Waals surface area contributed by atoms with Crippen LogP contribution in [0.4, 0.5) is 0 Å².